The molecule has 1 aromatic rings. The maximum atomic E-state index is 3.19. The average Bonchev–Trinajstić information content (AvgIpc) is 2.57. The first-order chi connectivity index (χ1) is 6.40. The Morgan fingerprint density at radius 1 is 1.31 bits per heavy atom. The predicted molar refractivity (Wildman–Crippen MR) is 56.2 cm³/mol. The van der Waals surface area contributed by atoms with Crippen LogP contribution in [-0.2, 0) is 6.42 Å². The van der Waals surface area contributed by atoms with Gasteiger partial charge in [0.25, 0.3) is 0 Å². The predicted octanol–water partition coefficient (Wildman–Crippen LogP) is 3.04. The van der Waals surface area contributed by atoms with Crippen LogP contribution in [0.15, 0.2) is 29.8 Å². The number of fused-ring (bicyclic) bond motifs is 1. The van der Waals surface area contributed by atoms with Crippen LogP contribution in [0.25, 0.3) is 6.08 Å². The van der Waals surface area contributed by atoms with E-state index in [1.165, 1.54) is 16.7 Å². The van der Waals surface area contributed by atoms with E-state index in [4.69, 9.17) is 0 Å². The van der Waals surface area contributed by atoms with Gasteiger partial charge in [-0.1, -0.05) is 43.0 Å². The Hall–Kier alpha value is -1.48. The normalized spacial score (nSPS) is 12.8. The largest absolute Gasteiger partial charge is 0.0985 e. The average molecular weight is 168 g/mol. The number of hydrogen-bond acceptors (Lipinski definition) is 0. The molecule has 1 aromatic carbocycles. The molecule has 0 saturated heterocycles. The van der Waals surface area contributed by atoms with Crippen molar-refractivity contribution in [2.75, 3.05) is 0 Å². The molecule has 0 N–H and O–H groups in total. The van der Waals surface area contributed by atoms with E-state index in [0.717, 1.165) is 12.8 Å². The molecule has 2 rings (SSSR count). The summed E-state index contributed by atoms with van der Waals surface area (Å²) in [5.41, 5.74) is 3.99. The number of benzene rings is 1. The van der Waals surface area contributed by atoms with Crippen molar-refractivity contribution in [3.8, 4) is 11.8 Å². The van der Waals surface area contributed by atoms with E-state index in [9.17, 15) is 0 Å². The molecule has 0 aromatic heterocycles. The third-order valence-electron chi connectivity index (χ3n) is 2.19. The molecule has 0 spiro atoms. The SMILES string of the molecule is CCC#CC1=Cc2ccccc2C1. The molecule has 0 nitrogen and oxygen atoms in total. The van der Waals surface area contributed by atoms with Gasteiger partial charge in [-0.15, -0.1) is 0 Å². The molecule has 1 aliphatic rings. The molecule has 0 amide bonds. The summed E-state index contributed by atoms with van der Waals surface area (Å²) in [6, 6.07) is 8.48. The molecule has 0 aliphatic heterocycles. The molecule has 0 heteroatoms. The van der Waals surface area contributed by atoms with Crippen LogP contribution in [0.3, 0.4) is 0 Å². The van der Waals surface area contributed by atoms with Gasteiger partial charge in [0.05, 0.1) is 0 Å². The summed E-state index contributed by atoms with van der Waals surface area (Å²) in [7, 11) is 0. The molecule has 64 valence electrons. The van der Waals surface area contributed by atoms with Gasteiger partial charge in [0.2, 0.25) is 0 Å². The highest BCUT2D eigenvalue weighted by Crippen LogP contribution is 2.23. The summed E-state index contributed by atoms with van der Waals surface area (Å²) in [5.74, 6) is 6.30. The summed E-state index contributed by atoms with van der Waals surface area (Å²) in [6.45, 7) is 2.08. The van der Waals surface area contributed by atoms with Gasteiger partial charge in [-0.05, 0) is 17.2 Å². The Morgan fingerprint density at radius 2 is 2.15 bits per heavy atom. The first-order valence-corrected chi connectivity index (χ1v) is 4.67. The van der Waals surface area contributed by atoms with Crippen LogP contribution in [0, 0.1) is 11.8 Å². The molecule has 0 saturated carbocycles. The van der Waals surface area contributed by atoms with Crippen molar-refractivity contribution in [3.05, 3.63) is 41.0 Å². The summed E-state index contributed by atoms with van der Waals surface area (Å²) >= 11 is 0. The van der Waals surface area contributed by atoms with Crippen molar-refractivity contribution < 1.29 is 0 Å². The third-order valence-corrected chi connectivity index (χ3v) is 2.19. The minimum Gasteiger partial charge on any atom is -0.0985 e. The fourth-order valence-electron chi connectivity index (χ4n) is 1.56. The number of rotatable bonds is 0. The molecule has 0 unspecified atom stereocenters. The number of hydrogen-bond donors (Lipinski definition) is 0. The molecule has 0 heterocycles. The minimum atomic E-state index is 0.938. The van der Waals surface area contributed by atoms with Crippen LogP contribution in [0.5, 0.6) is 0 Å². The molecular formula is C13H12. The van der Waals surface area contributed by atoms with Crippen LogP contribution in [0.2, 0.25) is 0 Å². The zero-order chi connectivity index (χ0) is 9.10. The standard InChI is InChI=1S/C13H12/c1-2-3-6-11-9-12-7-4-5-8-13(12)10-11/h4-5,7-9H,2,10H2,1H3. The van der Waals surface area contributed by atoms with Crippen LogP contribution in [-0.4, -0.2) is 0 Å². The van der Waals surface area contributed by atoms with Crippen molar-refractivity contribution in [2.24, 2.45) is 0 Å². The zero-order valence-corrected chi connectivity index (χ0v) is 7.80. The Bertz CT molecular complexity index is 400. The highest BCUT2D eigenvalue weighted by molar-refractivity contribution is 5.67. The van der Waals surface area contributed by atoms with Gasteiger partial charge in [0.1, 0.15) is 0 Å². The summed E-state index contributed by atoms with van der Waals surface area (Å²) in [4.78, 5) is 0. The third kappa shape index (κ3) is 1.65. The minimum absolute atomic E-state index is 0.938. The van der Waals surface area contributed by atoms with E-state index in [1.54, 1.807) is 0 Å². The van der Waals surface area contributed by atoms with Crippen molar-refractivity contribution in [2.45, 2.75) is 19.8 Å². The molecule has 0 fully saturated rings. The van der Waals surface area contributed by atoms with E-state index in [0.29, 0.717) is 0 Å². The molecule has 1 aliphatic carbocycles. The van der Waals surface area contributed by atoms with Gasteiger partial charge >= 0.3 is 0 Å². The van der Waals surface area contributed by atoms with Crippen molar-refractivity contribution >= 4 is 6.08 Å². The maximum Gasteiger partial charge on any atom is 0.00703 e. The van der Waals surface area contributed by atoms with Crippen LogP contribution in [0.1, 0.15) is 24.5 Å². The summed E-state index contributed by atoms with van der Waals surface area (Å²) in [6.07, 6.45) is 4.15. The highest BCUT2D eigenvalue weighted by atomic mass is 14.1. The monoisotopic (exact) mass is 168 g/mol. The molecule has 0 bridgehead atoms. The number of allylic oxidation sites excluding steroid dienone is 1. The van der Waals surface area contributed by atoms with Gasteiger partial charge in [0, 0.05) is 18.4 Å². The van der Waals surface area contributed by atoms with E-state index in [1.807, 2.05) is 0 Å². The van der Waals surface area contributed by atoms with E-state index >= 15 is 0 Å². The molecule has 0 atom stereocenters. The fraction of sp³-hybridized carbons (Fsp3) is 0.231. The second-order valence-electron chi connectivity index (χ2n) is 3.20. The Balaban J connectivity index is 2.26. The van der Waals surface area contributed by atoms with Crippen LogP contribution in [0.4, 0.5) is 0 Å². The maximum absolute atomic E-state index is 3.19. The van der Waals surface area contributed by atoms with Gasteiger partial charge in [0.15, 0.2) is 0 Å². The lowest BCUT2D eigenvalue weighted by atomic mass is 10.1. The topological polar surface area (TPSA) is 0 Å². The highest BCUT2D eigenvalue weighted by Gasteiger charge is 2.08. The lowest BCUT2D eigenvalue weighted by molar-refractivity contribution is 1.25. The van der Waals surface area contributed by atoms with Crippen molar-refractivity contribution in [1.82, 2.24) is 0 Å². The van der Waals surface area contributed by atoms with Crippen LogP contribution >= 0.6 is 0 Å². The van der Waals surface area contributed by atoms with Gasteiger partial charge in [-0.25, -0.2) is 0 Å². The lowest BCUT2D eigenvalue weighted by Gasteiger charge is -1.93. The Kier molecular flexibility index (Phi) is 2.19. The first-order valence-electron chi connectivity index (χ1n) is 4.67. The summed E-state index contributed by atoms with van der Waals surface area (Å²) in [5, 5.41) is 0. The molecule has 0 radical (unpaired) electrons. The molecule has 13 heavy (non-hydrogen) atoms. The van der Waals surface area contributed by atoms with Gasteiger partial charge < -0.3 is 0 Å². The Labute approximate surface area is 79.3 Å². The van der Waals surface area contributed by atoms with E-state index in [2.05, 4.69) is 49.1 Å². The van der Waals surface area contributed by atoms with Gasteiger partial charge in [-0.2, -0.15) is 0 Å². The smallest absolute Gasteiger partial charge is 0.00703 e. The lowest BCUT2D eigenvalue weighted by Crippen LogP contribution is -1.81. The second kappa shape index (κ2) is 3.49. The second-order valence-corrected chi connectivity index (χ2v) is 3.20. The Morgan fingerprint density at radius 3 is 2.92 bits per heavy atom. The fourth-order valence-corrected chi connectivity index (χ4v) is 1.56. The molecular weight excluding hydrogens is 156 g/mol. The van der Waals surface area contributed by atoms with Gasteiger partial charge in [-0.3, -0.25) is 0 Å². The summed E-state index contributed by atoms with van der Waals surface area (Å²) < 4.78 is 0. The van der Waals surface area contributed by atoms with Crippen LogP contribution < -0.4 is 0 Å². The van der Waals surface area contributed by atoms with Crippen molar-refractivity contribution in [3.63, 3.8) is 0 Å². The van der Waals surface area contributed by atoms with E-state index in [-0.39, 0.29) is 0 Å². The zero-order valence-electron chi connectivity index (χ0n) is 7.80. The van der Waals surface area contributed by atoms with Crippen molar-refractivity contribution in [1.29, 1.82) is 0 Å². The quantitative estimate of drug-likeness (QED) is 0.522. The van der Waals surface area contributed by atoms with E-state index < -0.39 is 0 Å². The first kappa shape index (κ1) is 8.13.